The number of nitrogens with one attached hydrogen (secondary N) is 1. The molecule has 0 spiro atoms. The first-order valence-corrected chi connectivity index (χ1v) is 9.95. The molecule has 0 saturated carbocycles. The molecule has 0 aliphatic heterocycles. The van der Waals surface area contributed by atoms with Gasteiger partial charge in [0.25, 0.3) is 5.56 Å². The SMILES string of the molecule is Cc1sccc1-c1ccc(Cc2nc3cc[nH]c(=O)c3n2C(C)(C)C)cc1. The molecule has 4 aromatic rings. The molecule has 0 atom stereocenters. The van der Waals surface area contributed by atoms with Crippen LogP contribution in [0.3, 0.4) is 0 Å². The normalized spacial score (nSPS) is 12.0. The number of imidazole rings is 1. The molecule has 1 aromatic carbocycles. The van der Waals surface area contributed by atoms with Crippen molar-refractivity contribution in [2.45, 2.75) is 39.7 Å². The number of nitrogens with zero attached hydrogens (tertiary/aromatic N) is 2. The van der Waals surface area contributed by atoms with Gasteiger partial charge in [-0.3, -0.25) is 4.79 Å². The van der Waals surface area contributed by atoms with Crippen LogP contribution in [0, 0.1) is 6.92 Å². The van der Waals surface area contributed by atoms with Crippen LogP contribution in [0.2, 0.25) is 0 Å². The fourth-order valence-electron chi connectivity index (χ4n) is 3.59. The zero-order chi connectivity index (χ0) is 19.2. The van der Waals surface area contributed by atoms with Crippen LogP contribution >= 0.6 is 11.3 Å². The van der Waals surface area contributed by atoms with E-state index >= 15 is 0 Å². The summed E-state index contributed by atoms with van der Waals surface area (Å²) in [7, 11) is 0. The van der Waals surface area contributed by atoms with Gasteiger partial charge in [-0.15, -0.1) is 11.3 Å². The lowest BCUT2D eigenvalue weighted by molar-refractivity contribution is 0.395. The van der Waals surface area contributed by atoms with Crippen molar-refractivity contribution in [2.24, 2.45) is 0 Å². The highest BCUT2D eigenvalue weighted by Crippen LogP contribution is 2.29. The van der Waals surface area contributed by atoms with Crippen molar-refractivity contribution in [1.29, 1.82) is 0 Å². The lowest BCUT2D eigenvalue weighted by atomic mass is 10.0. The second-order valence-electron chi connectivity index (χ2n) is 7.84. The molecule has 4 rings (SSSR count). The Morgan fingerprint density at radius 3 is 2.48 bits per heavy atom. The van der Waals surface area contributed by atoms with E-state index in [4.69, 9.17) is 4.98 Å². The van der Waals surface area contributed by atoms with Crippen molar-refractivity contribution in [3.05, 3.63) is 74.6 Å². The molecule has 0 bridgehead atoms. The average molecular weight is 378 g/mol. The first kappa shape index (κ1) is 17.7. The van der Waals surface area contributed by atoms with E-state index in [-0.39, 0.29) is 11.1 Å². The highest BCUT2D eigenvalue weighted by Gasteiger charge is 2.23. The Morgan fingerprint density at radius 1 is 1.11 bits per heavy atom. The van der Waals surface area contributed by atoms with Crippen molar-refractivity contribution in [1.82, 2.24) is 14.5 Å². The van der Waals surface area contributed by atoms with Gasteiger partial charge >= 0.3 is 0 Å². The summed E-state index contributed by atoms with van der Waals surface area (Å²) in [6.07, 6.45) is 2.35. The van der Waals surface area contributed by atoms with E-state index in [9.17, 15) is 4.79 Å². The summed E-state index contributed by atoms with van der Waals surface area (Å²) in [6.45, 7) is 8.46. The number of fused-ring (bicyclic) bond motifs is 1. The molecule has 3 aromatic heterocycles. The van der Waals surface area contributed by atoms with E-state index in [0.717, 1.165) is 11.3 Å². The molecule has 5 heteroatoms. The zero-order valence-corrected chi connectivity index (χ0v) is 16.9. The maximum Gasteiger partial charge on any atom is 0.274 e. The maximum absolute atomic E-state index is 12.4. The second-order valence-corrected chi connectivity index (χ2v) is 8.96. The van der Waals surface area contributed by atoms with Crippen LogP contribution in [0.15, 0.2) is 52.8 Å². The molecule has 0 fully saturated rings. The quantitative estimate of drug-likeness (QED) is 0.539. The number of hydrogen-bond acceptors (Lipinski definition) is 3. The van der Waals surface area contributed by atoms with Gasteiger partial charge in [-0.05, 0) is 61.9 Å². The van der Waals surface area contributed by atoms with Gasteiger partial charge in [0.05, 0.1) is 5.52 Å². The van der Waals surface area contributed by atoms with Crippen LogP contribution < -0.4 is 5.56 Å². The fraction of sp³-hybridized carbons (Fsp3) is 0.273. The third kappa shape index (κ3) is 3.23. The van der Waals surface area contributed by atoms with Crippen molar-refractivity contribution in [3.63, 3.8) is 0 Å². The number of thiophene rings is 1. The largest absolute Gasteiger partial charge is 0.327 e. The van der Waals surface area contributed by atoms with Crippen LogP contribution in [0.25, 0.3) is 22.2 Å². The standard InChI is InChI=1S/C22H23N3OS/c1-14-17(10-12-27-14)16-7-5-15(6-8-16)13-19-24-18-9-11-23-21(26)20(18)25(19)22(2,3)4/h5-12H,13H2,1-4H3,(H,23,26). The van der Waals surface area contributed by atoms with Crippen LogP contribution in [-0.2, 0) is 12.0 Å². The maximum atomic E-state index is 12.4. The van der Waals surface area contributed by atoms with E-state index in [0.29, 0.717) is 11.9 Å². The molecule has 0 amide bonds. The number of rotatable bonds is 3. The Bertz CT molecular complexity index is 1160. The Hall–Kier alpha value is -2.66. The molecular weight excluding hydrogens is 354 g/mol. The van der Waals surface area contributed by atoms with E-state index < -0.39 is 0 Å². The van der Waals surface area contributed by atoms with Crippen molar-refractivity contribution >= 4 is 22.4 Å². The molecule has 27 heavy (non-hydrogen) atoms. The van der Waals surface area contributed by atoms with Crippen molar-refractivity contribution < 1.29 is 0 Å². The third-order valence-corrected chi connectivity index (χ3v) is 5.65. The van der Waals surface area contributed by atoms with Crippen molar-refractivity contribution in [3.8, 4) is 11.1 Å². The summed E-state index contributed by atoms with van der Waals surface area (Å²) < 4.78 is 2.07. The molecule has 0 aliphatic rings. The Kier molecular flexibility index (Phi) is 4.27. The van der Waals surface area contributed by atoms with E-state index in [1.165, 1.54) is 21.6 Å². The molecule has 0 radical (unpaired) electrons. The lowest BCUT2D eigenvalue weighted by Crippen LogP contribution is -2.27. The smallest absolute Gasteiger partial charge is 0.274 e. The average Bonchev–Trinajstić information content (AvgIpc) is 3.19. The third-order valence-electron chi connectivity index (χ3n) is 4.80. The van der Waals surface area contributed by atoms with Gasteiger partial charge in [0.2, 0.25) is 0 Å². The minimum absolute atomic E-state index is 0.0931. The van der Waals surface area contributed by atoms with Gasteiger partial charge in [0, 0.05) is 23.0 Å². The van der Waals surface area contributed by atoms with Crippen LogP contribution in [0.1, 0.15) is 37.0 Å². The molecule has 0 saturated heterocycles. The van der Waals surface area contributed by atoms with Crippen LogP contribution in [0.4, 0.5) is 0 Å². The zero-order valence-electron chi connectivity index (χ0n) is 16.0. The van der Waals surface area contributed by atoms with Crippen molar-refractivity contribution in [2.75, 3.05) is 0 Å². The number of aryl methyl sites for hydroxylation is 1. The van der Waals surface area contributed by atoms with Gasteiger partial charge in [0.1, 0.15) is 11.3 Å². The minimum Gasteiger partial charge on any atom is -0.327 e. The predicted octanol–water partition coefficient (Wildman–Crippen LogP) is 5.11. The Labute approximate surface area is 162 Å². The van der Waals surface area contributed by atoms with Gasteiger partial charge in [0.15, 0.2) is 0 Å². The molecule has 138 valence electrons. The number of aromatic nitrogens is 3. The van der Waals surface area contributed by atoms with Gasteiger partial charge in [-0.1, -0.05) is 24.3 Å². The number of H-pyrrole nitrogens is 1. The minimum atomic E-state index is -0.230. The van der Waals surface area contributed by atoms with E-state index in [2.05, 4.69) is 73.0 Å². The highest BCUT2D eigenvalue weighted by atomic mass is 32.1. The van der Waals surface area contributed by atoms with Gasteiger partial charge in [-0.25, -0.2) is 4.98 Å². The molecule has 1 N–H and O–H groups in total. The first-order valence-electron chi connectivity index (χ1n) is 9.07. The second kappa shape index (κ2) is 6.50. The number of benzene rings is 1. The van der Waals surface area contributed by atoms with E-state index in [1.54, 1.807) is 17.5 Å². The summed E-state index contributed by atoms with van der Waals surface area (Å²) in [5.41, 5.74) is 4.78. The summed E-state index contributed by atoms with van der Waals surface area (Å²) in [5.74, 6) is 0.911. The molecule has 3 heterocycles. The molecule has 4 nitrogen and oxygen atoms in total. The number of hydrogen-bond donors (Lipinski definition) is 1. The molecular formula is C22H23N3OS. The van der Waals surface area contributed by atoms with E-state index in [1.807, 2.05) is 6.07 Å². The summed E-state index contributed by atoms with van der Waals surface area (Å²) in [6, 6.07) is 12.7. The lowest BCUT2D eigenvalue weighted by Gasteiger charge is -2.24. The van der Waals surface area contributed by atoms with Crippen LogP contribution in [0.5, 0.6) is 0 Å². The topological polar surface area (TPSA) is 50.7 Å². The van der Waals surface area contributed by atoms with Crippen LogP contribution in [-0.4, -0.2) is 14.5 Å². The highest BCUT2D eigenvalue weighted by molar-refractivity contribution is 7.10. The molecule has 0 aliphatic carbocycles. The monoisotopic (exact) mass is 377 g/mol. The van der Waals surface area contributed by atoms with Gasteiger partial charge < -0.3 is 9.55 Å². The number of aromatic amines is 1. The fourth-order valence-corrected chi connectivity index (χ4v) is 4.32. The Morgan fingerprint density at radius 2 is 1.85 bits per heavy atom. The first-order chi connectivity index (χ1) is 12.8. The summed E-state index contributed by atoms with van der Waals surface area (Å²) in [4.78, 5) is 21.3. The number of pyridine rings is 1. The summed E-state index contributed by atoms with van der Waals surface area (Å²) >= 11 is 1.77. The molecule has 0 unspecified atom stereocenters. The Balaban J connectivity index is 1.75. The predicted molar refractivity (Wildman–Crippen MR) is 113 cm³/mol. The van der Waals surface area contributed by atoms with Gasteiger partial charge in [-0.2, -0.15) is 0 Å². The summed E-state index contributed by atoms with van der Waals surface area (Å²) in [5, 5.41) is 2.13.